The summed E-state index contributed by atoms with van der Waals surface area (Å²) in [5.41, 5.74) is 1.09. The van der Waals surface area contributed by atoms with E-state index in [-0.39, 0.29) is 10.9 Å². The highest BCUT2D eigenvalue weighted by atomic mass is 32.2. The largest absolute Gasteiger partial charge is 0.310 e. The molecule has 1 fully saturated rings. The quantitative estimate of drug-likeness (QED) is 0.878. The van der Waals surface area contributed by atoms with Crippen LogP contribution in [0.3, 0.4) is 0 Å². The van der Waals surface area contributed by atoms with E-state index in [9.17, 15) is 8.42 Å². The molecule has 3 atom stereocenters. The number of rotatable bonds is 5. The van der Waals surface area contributed by atoms with Crippen molar-refractivity contribution in [1.29, 1.82) is 0 Å². The molecule has 1 aromatic rings. The van der Waals surface area contributed by atoms with E-state index >= 15 is 0 Å². The topological polar surface area (TPSA) is 72.2 Å². The molecule has 0 radical (unpaired) electrons. The van der Waals surface area contributed by atoms with Gasteiger partial charge in [-0.05, 0) is 55.8 Å². The first-order valence-corrected chi connectivity index (χ1v) is 9.27. The van der Waals surface area contributed by atoms with Gasteiger partial charge in [0.25, 0.3) is 0 Å². The smallest absolute Gasteiger partial charge is 0.238 e. The molecule has 1 aromatic carbocycles. The molecule has 4 nitrogen and oxygen atoms in total. The molecule has 0 spiro atoms. The van der Waals surface area contributed by atoms with Crippen LogP contribution in [0, 0.1) is 11.8 Å². The van der Waals surface area contributed by atoms with Crippen molar-refractivity contribution in [3.63, 3.8) is 0 Å². The average molecular weight is 310 g/mol. The van der Waals surface area contributed by atoms with Crippen molar-refractivity contribution in [1.82, 2.24) is 5.32 Å². The minimum atomic E-state index is -3.60. The SMILES string of the molecule is CC1CCCC(CNC(C)c2ccc(S(N)(=O)=O)cc2)C1. The molecule has 0 bridgehead atoms. The van der Waals surface area contributed by atoms with Crippen LogP contribution < -0.4 is 10.5 Å². The van der Waals surface area contributed by atoms with Crippen molar-refractivity contribution in [2.24, 2.45) is 17.0 Å². The van der Waals surface area contributed by atoms with Crippen LogP contribution in [0.5, 0.6) is 0 Å². The Labute approximate surface area is 128 Å². The first kappa shape index (κ1) is 16.5. The molecule has 21 heavy (non-hydrogen) atoms. The molecule has 1 aliphatic carbocycles. The van der Waals surface area contributed by atoms with Crippen molar-refractivity contribution in [2.45, 2.75) is 50.5 Å². The minimum Gasteiger partial charge on any atom is -0.310 e. The van der Waals surface area contributed by atoms with Gasteiger partial charge in [-0.25, -0.2) is 13.6 Å². The summed E-state index contributed by atoms with van der Waals surface area (Å²) in [6, 6.07) is 7.04. The Balaban J connectivity index is 1.89. The lowest BCUT2D eigenvalue weighted by Crippen LogP contribution is -2.28. The van der Waals surface area contributed by atoms with Crippen molar-refractivity contribution < 1.29 is 8.42 Å². The van der Waals surface area contributed by atoms with Crippen molar-refractivity contribution >= 4 is 10.0 Å². The van der Waals surface area contributed by atoms with Crippen LogP contribution in [-0.4, -0.2) is 15.0 Å². The highest BCUT2D eigenvalue weighted by Crippen LogP contribution is 2.28. The number of hydrogen-bond acceptors (Lipinski definition) is 3. The summed E-state index contributed by atoms with van der Waals surface area (Å²) in [5, 5.41) is 8.68. The van der Waals surface area contributed by atoms with E-state index in [1.54, 1.807) is 12.1 Å². The molecule has 0 saturated heterocycles. The van der Waals surface area contributed by atoms with Gasteiger partial charge in [0.1, 0.15) is 0 Å². The Morgan fingerprint density at radius 2 is 1.95 bits per heavy atom. The zero-order valence-electron chi connectivity index (χ0n) is 12.9. The lowest BCUT2D eigenvalue weighted by atomic mass is 9.82. The third kappa shape index (κ3) is 4.80. The van der Waals surface area contributed by atoms with E-state index in [4.69, 9.17) is 5.14 Å². The number of primary sulfonamides is 1. The third-order valence-corrected chi connectivity index (χ3v) is 5.40. The number of benzene rings is 1. The predicted octanol–water partition coefficient (Wildman–Crippen LogP) is 2.81. The standard InChI is InChI=1S/C16H26N2O2S/c1-12-4-3-5-14(10-12)11-18-13(2)15-6-8-16(9-7-15)21(17,19)20/h6-9,12-14,18H,3-5,10-11H2,1-2H3,(H2,17,19,20). The van der Waals surface area contributed by atoms with Gasteiger partial charge < -0.3 is 5.32 Å². The van der Waals surface area contributed by atoms with E-state index in [0.29, 0.717) is 0 Å². The molecule has 0 aromatic heterocycles. The minimum absolute atomic E-state index is 0.166. The van der Waals surface area contributed by atoms with E-state index in [2.05, 4.69) is 19.2 Å². The van der Waals surface area contributed by atoms with Gasteiger partial charge in [0, 0.05) is 6.04 Å². The second-order valence-electron chi connectivity index (χ2n) is 6.38. The van der Waals surface area contributed by atoms with Gasteiger partial charge in [0.2, 0.25) is 10.0 Å². The van der Waals surface area contributed by atoms with Gasteiger partial charge in [-0.3, -0.25) is 0 Å². The molecule has 0 aliphatic heterocycles. The van der Waals surface area contributed by atoms with Crippen molar-refractivity contribution in [3.05, 3.63) is 29.8 Å². The lowest BCUT2D eigenvalue weighted by molar-refractivity contribution is 0.268. The van der Waals surface area contributed by atoms with Gasteiger partial charge in [0.15, 0.2) is 0 Å². The van der Waals surface area contributed by atoms with Gasteiger partial charge in [-0.15, -0.1) is 0 Å². The molecule has 5 heteroatoms. The Bertz CT molecular complexity index is 554. The molecule has 118 valence electrons. The molecule has 2 rings (SSSR count). The van der Waals surface area contributed by atoms with E-state index < -0.39 is 10.0 Å². The van der Waals surface area contributed by atoms with Crippen molar-refractivity contribution in [2.75, 3.05) is 6.54 Å². The van der Waals surface area contributed by atoms with Crippen LogP contribution in [0.25, 0.3) is 0 Å². The highest BCUT2D eigenvalue weighted by molar-refractivity contribution is 7.89. The normalized spacial score (nSPS) is 24.7. The van der Waals surface area contributed by atoms with Gasteiger partial charge in [-0.1, -0.05) is 31.9 Å². The molecule has 3 unspecified atom stereocenters. The van der Waals surface area contributed by atoms with Crippen LogP contribution in [-0.2, 0) is 10.0 Å². The molecular formula is C16H26N2O2S. The van der Waals surface area contributed by atoms with Gasteiger partial charge >= 0.3 is 0 Å². The molecule has 1 aliphatic rings. The summed E-state index contributed by atoms with van der Waals surface area (Å²) < 4.78 is 22.5. The number of nitrogens with two attached hydrogens (primary N) is 1. The maximum atomic E-state index is 11.2. The molecule has 0 heterocycles. The van der Waals surface area contributed by atoms with Crippen LogP contribution in [0.4, 0.5) is 0 Å². The predicted molar refractivity (Wildman–Crippen MR) is 85.4 cm³/mol. The van der Waals surface area contributed by atoms with Gasteiger partial charge in [-0.2, -0.15) is 0 Å². The van der Waals surface area contributed by atoms with Crippen LogP contribution in [0.15, 0.2) is 29.2 Å². The van der Waals surface area contributed by atoms with E-state index in [1.807, 2.05) is 12.1 Å². The van der Waals surface area contributed by atoms with E-state index in [0.717, 1.165) is 23.9 Å². The number of sulfonamides is 1. The van der Waals surface area contributed by atoms with Crippen molar-refractivity contribution in [3.8, 4) is 0 Å². The van der Waals surface area contributed by atoms with Crippen LogP contribution in [0.1, 0.15) is 51.1 Å². The molecule has 0 amide bonds. The Morgan fingerprint density at radius 1 is 1.29 bits per heavy atom. The highest BCUT2D eigenvalue weighted by Gasteiger charge is 2.19. The summed E-state index contributed by atoms with van der Waals surface area (Å²) in [7, 11) is -3.60. The van der Waals surface area contributed by atoms with Crippen LogP contribution >= 0.6 is 0 Å². The first-order valence-electron chi connectivity index (χ1n) is 7.72. The number of nitrogens with one attached hydrogen (secondary N) is 1. The lowest BCUT2D eigenvalue weighted by Gasteiger charge is -2.28. The molecular weight excluding hydrogens is 284 g/mol. The van der Waals surface area contributed by atoms with E-state index in [1.165, 1.54) is 25.7 Å². The third-order valence-electron chi connectivity index (χ3n) is 4.47. The summed E-state index contributed by atoms with van der Waals surface area (Å²) in [5.74, 6) is 1.61. The Morgan fingerprint density at radius 3 is 2.52 bits per heavy atom. The number of hydrogen-bond donors (Lipinski definition) is 2. The fraction of sp³-hybridized carbons (Fsp3) is 0.625. The summed E-state index contributed by atoms with van der Waals surface area (Å²) in [4.78, 5) is 0.166. The van der Waals surface area contributed by atoms with Gasteiger partial charge in [0.05, 0.1) is 4.90 Å². The summed E-state index contributed by atoms with van der Waals surface area (Å²) in [6.45, 7) is 5.47. The van der Waals surface area contributed by atoms with Crippen LogP contribution in [0.2, 0.25) is 0 Å². The maximum Gasteiger partial charge on any atom is 0.238 e. The monoisotopic (exact) mass is 310 g/mol. The second kappa shape index (κ2) is 6.90. The fourth-order valence-corrected chi connectivity index (χ4v) is 3.67. The molecule has 1 saturated carbocycles. The first-order chi connectivity index (χ1) is 9.86. The zero-order valence-corrected chi connectivity index (χ0v) is 13.7. The molecule has 3 N–H and O–H groups in total. The fourth-order valence-electron chi connectivity index (χ4n) is 3.15. The summed E-state index contributed by atoms with van der Waals surface area (Å²) in [6.07, 6.45) is 5.32. The average Bonchev–Trinajstić information content (AvgIpc) is 2.44. The Hall–Kier alpha value is -0.910. The second-order valence-corrected chi connectivity index (χ2v) is 7.94. The Kier molecular flexibility index (Phi) is 5.41. The summed E-state index contributed by atoms with van der Waals surface area (Å²) >= 11 is 0. The zero-order chi connectivity index (χ0) is 15.5. The maximum absolute atomic E-state index is 11.2.